The summed E-state index contributed by atoms with van der Waals surface area (Å²) in [7, 11) is 0. The minimum absolute atomic E-state index is 0.102. The van der Waals surface area contributed by atoms with E-state index in [-0.39, 0.29) is 5.92 Å². The molecule has 3 heteroatoms. The number of amides is 1. The molecule has 0 aromatic carbocycles. The molecule has 1 amide bonds. The summed E-state index contributed by atoms with van der Waals surface area (Å²) in [5.41, 5.74) is 2.27. The van der Waals surface area contributed by atoms with Crippen molar-refractivity contribution >= 4 is 11.6 Å². The topological polar surface area (TPSA) is 32.7 Å². The highest BCUT2D eigenvalue weighted by molar-refractivity contribution is 6.06. The Hall–Kier alpha value is -1.12. The number of rotatable bonds is 0. The van der Waals surface area contributed by atoms with E-state index in [9.17, 15) is 4.79 Å². The highest BCUT2D eigenvalue weighted by Crippen LogP contribution is 2.31. The Labute approximate surface area is 89.9 Å². The van der Waals surface area contributed by atoms with E-state index < -0.39 is 0 Å². The van der Waals surface area contributed by atoms with Crippen LogP contribution >= 0.6 is 0 Å². The van der Waals surface area contributed by atoms with Crippen molar-refractivity contribution in [3.63, 3.8) is 0 Å². The molecule has 1 saturated heterocycles. The molecule has 2 heterocycles. The number of fused-ring (bicyclic) bond motifs is 2. The van der Waals surface area contributed by atoms with Crippen LogP contribution in [0.3, 0.4) is 0 Å². The first-order valence-electron chi connectivity index (χ1n) is 5.93. The van der Waals surface area contributed by atoms with Crippen molar-refractivity contribution in [3.8, 4) is 0 Å². The second-order valence-electron chi connectivity index (χ2n) is 4.63. The fraction of sp³-hybridized carbons (Fsp3) is 0.667. The second kappa shape index (κ2) is 3.47. The molecule has 0 aromatic rings. The van der Waals surface area contributed by atoms with Gasteiger partial charge in [0.2, 0.25) is 5.91 Å². The Morgan fingerprint density at radius 2 is 2.20 bits per heavy atom. The first-order valence-corrected chi connectivity index (χ1v) is 5.93. The SMILES string of the molecule is O=C1C2CCCCC2=NC=C2CCCN12. The van der Waals surface area contributed by atoms with Gasteiger partial charge in [-0.25, -0.2) is 0 Å². The lowest BCUT2D eigenvalue weighted by Gasteiger charge is -2.25. The second-order valence-corrected chi connectivity index (χ2v) is 4.63. The normalized spacial score (nSPS) is 30.3. The number of hydrogen-bond donors (Lipinski definition) is 0. The molecule has 3 rings (SSSR count). The molecule has 2 aliphatic heterocycles. The molecular formula is C12H16N2O. The molecule has 3 aliphatic rings. The number of hydrogen-bond acceptors (Lipinski definition) is 2. The van der Waals surface area contributed by atoms with Crippen LogP contribution in [0.25, 0.3) is 0 Å². The summed E-state index contributed by atoms with van der Waals surface area (Å²) in [5, 5.41) is 0. The molecule has 1 atom stereocenters. The van der Waals surface area contributed by atoms with Crippen molar-refractivity contribution in [2.75, 3.05) is 6.54 Å². The molecule has 1 saturated carbocycles. The van der Waals surface area contributed by atoms with Gasteiger partial charge in [0.25, 0.3) is 0 Å². The lowest BCUT2D eigenvalue weighted by Crippen LogP contribution is -2.37. The zero-order valence-corrected chi connectivity index (χ0v) is 8.91. The van der Waals surface area contributed by atoms with Crippen LogP contribution in [-0.4, -0.2) is 23.1 Å². The molecule has 80 valence electrons. The van der Waals surface area contributed by atoms with Gasteiger partial charge in [-0.3, -0.25) is 9.79 Å². The minimum atomic E-state index is 0.102. The first-order chi connectivity index (χ1) is 7.36. The predicted octanol–water partition coefficient (Wildman–Crippen LogP) is 2.09. The van der Waals surface area contributed by atoms with E-state index in [1.54, 1.807) is 0 Å². The first kappa shape index (κ1) is 9.13. The van der Waals surface area contributed by atoms with Gasteiger partial charge in [0.05, 0.1) is 5.92 Å². The van der Waals surface area contributed by atoms with Crippen LogP contribution in [0.2, 0.25) is 0 Å². The average molecular weight is 204 g/mol. The molecule has 0 spiro atoms. The van der Waals surface area contributed by atoms with Crippen LogP contribution in [0.15, 0.2) is 16.9 Å². The fourth-order valence-corrected chi connectivity index (χ4v) is 2.84. The molecule has 1 unspecified atom stereocenters. The van der Waals surface area contributed by atoms with E-state index >= 15 is 0 Å². The van der Waals surface area contributed by atoms with E-state index in [0.29, 0.717) is 5.91 Å². The zero-order chi connectivity index (χ0) is 10.3. The van der Waals surface area contributed by atoms with Crippen molar-refractivity contribution in [2.24, 2.45) is 10.9 Å². The van der Waals surface area contributed by atoms with Crippen molar-refractivity contribution in [1.29, 1.82) is 0 Å². The Morgan fingerprint density at radius 3 is 3.13 bits per heavy atom. The van der Waals surface area contributed by atoms with Crippen LogP contribution in [-0.2, 0) is 4.79 Å². The van der Waals surface area contributed by atoms with E-state index in [1.807, 2.05) is 11.1 Å². The molecule has 0 N–H and O–H groups in total. The summed E-state index contributed by atoms with van der Waals surface area (Å²) in [6.07, 6.45) is 8.48. The van der Waals surface area contributed by atoms with Gasteiger partial charge < -0.3 is 4.90 Å². The van der Waals surface area contributed by atoms with Crippen molar-refractivity contribution in [2.45, 2.75) is 38.5 Å². The Bertz CT molecular complexity index is 357. The zero-order valence-electron chi connectivity index (χ0n) is 8.91. The maximum atomic E-state index is 12.3. The third-order valence-electron chi connectivity index (χ3n) is 3.68. The molecule has 3 nitrogen and oxygen atoms in total. The number of carbonyl (C=O) groups excluding carboxylic acids is 1. The maximum Gasteiger partial charge on any atom is 0.235 e. The monoisotopic (exact) mass is 204 g/mol. The van der Waals surface area contributed by atoms with Gasteiger partial charge in [-0.2, -0.15) is 0 Å². The molecule has 0 aromatic heterocycles. The molecule has 2 fully saturated rings. The third kappa shape index (κ3) is 1.41. The van der Waals surface area contributed by atoms with Crippen LogP contribution < -0.4 is 0 Å². The Morgan fingerprint density at radius 1 is 1.27 bits per heavy atom. The number of aliphatic imine (C=N–C) groups is 1. The summed E-state index contributed by atoms with van der Waals surface area (Å²) in [6, 6.07) is 0. The minimum Gasteiger partial charge on any atom is -0.314 e. The number of carbonyl (C=O) groups is 1. The summed E-state index contributed by atoms with van der Waals surface area (Å²) >= 11 is 0. The van der Waals surface area contributed by atoms with E-state index in [2.05, 4.69) is 4.99 Å². The molecule has 0 radical (unpaired) electrons. The van der Waals surface area contributed by atoms with Gasteiger partial charge in [-0.1, -0.05) is 6.42 Å². The summed E-state index contributed by atoms with van der Waals surface area (Å²) in [5.74, 6) is 0.417. The van der Waals surface area contributed by atoms with Crippen LogP contribution in [0, 0.1) is 5.92 Å². The standard InChI is InChI=1S/C12H16N2O/c15-12-10-5-1-2-6-11(10)13-8-9-4-3-7-14(9)12/h8,10H,1-7H2. The van der Waals surface area contributed by atoms with Gasteiger partial charge in [0.15, 0.2) is 0 Å². The average Bonchev–Trinajstić information content (AvgIpc) is 2.69. The van der Waals surface area contributed by atoms with E-state index in [0.717, 1.165) is 43.6 Å². The van der Waals surface area contributed by atoms with Crippen LogP contribution in [0.5, 0.6) is 0 Å². The van der Waals surface area contributed by atoms with Gasteiger partial charge in [-0.05, 0) is 32.1 Å². The van der Waals surface area contributed by atoms with Crippen molar-refractivity contribution in [1.82, 2.24) is 4.90 Å². The van der Waals surface area contributed by atoms with E-state index in [1.165, 1.54) is 12.8 Å². The van der Waals surface area contributed by atoms with Crippen molar-refractivity contribution < 1.29 is 4.79 Å². The lowest BCUT2D eigenvalue weighted by atomic mass is 9.86. The summed E-state index contributed by atoms with van der Waals surface area (Å²) < 4.78 is 0. The predicted molar refractivity (Wildman–Crippen MR) is 58.4 cm³/mol. The van der Waals surface area contributed by atoms with Crippen LogP contribution in [0.1, 0.15) is 38.5 Å². The quantitative estimate of drug-likeness (QED) is 0.594. The Balaban J connectivity index is 1.96. The van der Waals surface area contributed by atoms with Gasteiger partial charge in [0.1, 0.15) is 0 Å². The summed E-state index contributed by atoms with van der Waals surface area (Å²) in [6.45, 7) is 0.907. The fourth-order valence-electron chi connectivity index (χ4n) is 2.84. The van der Waals surface area contributed by atoms with Gasteiger partial charge in [-0.15, -0.1) is 0 Å². The molecular weight excluding hydrogens is 188 g/mol. The Kier molecular flexibility index (Phi) is 2.11. The van der Waals surface area contributed by atoms with Gasteiger partial charge >= 0.3 is 0 Å². The highest BCUT2D eigenvalue weighted by atomic mass is 16.2. The number of nitrogens with zero attached hydrogens (tertiary/aromatic N) is 2. The molecule has 0 bridgehead atoms. The molecule has 1 aliphatic carbocycles. The van der Waals surface area contributed by atoms with E-state index in [4.69, 9.17) is 0 Å². The van der Waals surface area contributed by atoms with Crippen molar-refractivity contribution in [3.05, 3.63) is 11.9 Å². The maximum absolute atomic E-state index is 12.3. The molecule has 15 heavy (non-hydrogen) atoms. The smallest absolute Gasteiger partial charge is 0.235 e. The van der Waals surface area contributed by atoms with Gasteiger partial charge in [0, 0.05) is 24.2 Å². The highest BCUT2D eigenvalue weighted by Gasteiger charge is 2.35. The summed E-state index contributed by atoms with van der Waals surface area (Å²) in [4.78, 5) is 18.8. The van der Waals surface area contributed by atoms with Crippen LogP contribution in [0.4, 0.5) is 0 Å². The largest absolute Gasteiger partial charge is 0.314 e. The third-order valence-corrected chi connectivity index (χ3v) is 3.68. The lowest BCUT2D eigenvalue weighted by molar-refractivity contribution is -0.131. The number of allylic oxidation sites excluding steroid dienone is 1.